The molecule has 0 heterocycles. The van der Waals surface area contributed by atoms with Crippen LogP contribution < -0.4 is 10.2 Å². The fourth-order valence-corrected chi connectivity index (χ4v) is 1.90. The molecule has 0 atom stereocenters. The maximum absolute atomic E-state index is 10.7. The first-order valence-corrected chi connectivity index (χ1v) is 5.63. The van der Waals surface area contributed by atoms with E-state index < -0.39 is 11.9 Å². The van der Waals surface area contributed by atoms with Crippen molar-refractivity contribution in [1.29, 1.82) is 0 Å². The summed E-state index contributed by atoms with van der Waals surface area (Å²) in [4.78, 5) is 21.4. The van der Waals surface area contributed by atoms with Gasteiger partial charge in [0.2, 0.25) is 0 Å². The molecule has 0 saturated carbocycles. The summed E-state index contributed by atoms with van der Waals surface area (Å²) in [5, 5.41) is 21.4. The molecule has 96 valence electrons. The molecule has 0 fully saturated rings. The number of hydrogen-bond donors (Lipinski definition) is 0. The van der Waals surface area contributed by atoms with Gasteiger partial charge in [-0.1, -0.05) is 36.4 Å². The lowest BCUT2D eigenvalue weighted by Gasteiger charge is -2.10. The summed E-state index contributed by atoms with van der Waals surface area (Å²) in [6.07, 6.45) is 0. The molecule has 0 aromatic heterocycles. The standard InChI is InChI=1S/C15H12O4/c1-9-8-12(15(18)19)6-7-13(9)10-2-4-11(5-3-10)14(16)17/h2-8H,1H3,(H,16,17)(H,18,19)/p-2. The minimum Gasteiger partial charge on any atom is -0.545 e. The highest BCUT2D eigenvalue weighted by molar-refractivity contribution is 5.88. The maximum atomic E-state index is 10.7. The van der Waals surface area contributed by atoms with Gasteiger partial charge in [0.05, 0.1) is 11.9 Å². The highest BCUT2D eigenvalue weighted by atomic mass is 16.4. The van der Waals surface area contributed by atoms with Gasteiger partial charge in [0, 0.05) is 0 Å². The van der Waals surface area contributed by atoms with E-state index in [4.69, 9.17) is 0 Å². The zero-order valence-corrected chi connectivity index (χ0v) is 10.2. The van der Waals surface area contributed by atoms with Crippen LogP contribution in [0.5, 0.6) is 0 Å². The average molecular weight is 254 g/mol. The molecule has 19 heavy (non-hydrogen) atoms. The van der Waals surface area contributed by atoms with E-state index in [0.717, 1.165) is 16.7 Å². The van der Waals surface area contributed by atoms with Crippen molar-refractivity contribution >= 4 is 11.9 Å². The Bertz CT molecular complexity index is 642. The second-order valence-corrected chi connectivity index (χ2v) is 4.18. The molecule has 0 saturated heterocycles. The molecule has 0 unspecified atom stereocenters. The van der Waals surface area contributed by atoms with Gasteiger partial charge in [-0.2, -0.15) is 0 Å². The van der Waals surface area contributed by atoms with Crippen LogP contribution in [0.25, 0.3) is 11.1 Å². The van der Waals surface area contributed by atoms with E-state index in [1.165, 1.54) is 24.3 Å². The lowest BCUT2D eigenvalue weighted by molar-refractivity contribution is -0.256. The summed E-state index contributed by atoms with van der Waals surface area (Å²) < 4.78 is 0. The molecule has 2 aromatic carbocycles. The predicted molar refractivity (Wildman–Crippen MR) is 65.3 cm³/mol. The Hall–Kier alpha value is -2.62. The van der Waals surface area contributed by atoms with Gasteiger partial charge in [0.25, 0.3) is 0 Å². The molecular formula is C15H10O4-2. The largest absolute Gasteiger partial charge is 0.545 e. The summed E-state index contributed by atoms with van der Waals surface area (Å²) in [6, 6.07) is 10.9. The molecule has 0 aliphatic rings. The normalized spacial score (nSPS) is 10.2. The number of carbonyl (C=O) groups excluding carboxylic acids is 2. The molecule has 0 amide bonds. The molecule has 0 radical (unpaired) electrons. The number of benzene rings is 2. The third-order valence-corrected chi connectivity index (χ3v) is 2.89. The van der Waals surface area contributed by atoms with Gasteiger partial charge in [0.15, 0.2) is 0 Å². The van der Waals surface area contributed by atoms with E-state index in [-0.39, 0.29) is 11.1 Å². The van der Waals surface area contributed by atoms with Gasteiger partial charge >= 0.3 is 0 Å². The van der Waals surface area contributed by atoms with Crippen molar-refractivity contribution in [1.82, 2.24) is 0 Å². The highest BCUT2D eigenvalue weighted by Crippen LogP contribution is 2.24. The van der Waals surface area contributed by atoms with Crippen molar-refractivity contribution in [2.24, 2.45) is 0 Å². The van der Waals surface area contributed by atoms with Crippen molar-refractivity contribution < 1.29 is 19.8 Å². The van der Waals surface area contributed by atoms with E-state index in [9.17, 15) is 19.8 Å². The quantitative estimate of drug-likeness (QED) is 0.793. The smallest absolute Gasteiger partial charge is 0.0715 e. The molecule has 2 aromatic rings. The lowest BCUT2D eigenvalue weighted by Crippen LogP contribution is -2.22. The van der Waals surface area contributed by atoms with Crippen molar-refractivity contribution in [3.63, 3.8) is 0 Å². The molecular weight excluding hydrogens is 244 g/mol. The fourth-order valence-electron chi connectivity index (χ4n) is 1.90. The van der Waals surface area contributed by atoms with Gasteiger partial charge in [-0.15, -0.1) is 0 Å². The zero-order chi connectivity index (χ0) is 14.0. The van der Waals surface area contributed by atoms with E-state index >= 15 is 0 Å². The molecule has 4 nitrogen and oxygen atoms in total. The van der Waals surface area contributed by atoms with Crippen molar-refractivity contribution in [3.8, 4) is 11.1 Å². The Labute approximate surface area is 109 Å². The predicted octanol–water partition coefficient (Wildman–Crippen LogP) is 0.389. The first-order chi connectivity index (χ1) is 8.99. The van der Waals surface area contributed by atoms with Crippen LogP contribution in [0.1, 0.15) is 26.3 Å². The summed E-state index contributed by atoms with van der Waals surface area (Å²) in [5.41, 5.74) is 2.66. The molecule has 0 bridgehead atoms. The Morgan fingerprint density at radius 1 is 0.842 bits per heavy atom. The minimum atomic E-state index is -1.23. The molecule has 0 aliphatic carbocycles. The highest BCUT2D eigenvalue weighted by Gasteiger charge is 2.04. The molecule has 2 rings (SSSR count). The van der Waals surface area contributed by atoms with Crippen molar-refractivity contribution in [2.45, 2.75) is 6.92 Å². The average Bonchev–Trinajstić information content (AvgIpc) is 2.38. The van der Waals surface area contributed by atoms with Crippen molar-refractivity contribution in [2.75, 3.05) is 0 Å². The number of carboxylic acids is 2. The third-order valence-electron chi connectivity index (χ3n) is 2.89. The Morgan fingerprint density at radius 3 is 1.84 bits per heavy atom. The van der Waals surface area contributed by atoms with E-state index in [2.05, 4.69) is 0 Å². The lowest BCUT2D eigenvalue weighted by atomic mass is 9.97. The van der Waals surface area contributed by atoms with Crippen LogP contribution in [0.3, 0.4) is 0 Å². The second-order valence-electron chi connectivity index (χ2n) is 4.18. The monoisotopic (exact) mass is 254 g/mol. The summed E-state index contributed by atoms with van der Waals surface area (Å²) in [7, 11) is 0. The number of carboxylic acid groups (broad SMARTS) is 2. The van der Waals surface area contributed by atoms with E-state index in [1.807, 2.05) is 0 Å². The van der Waals surface area contributed by atoms with Crippen LogP contribution in [-0.4, -0.2) is 11.9 Å². The summed E-state index contributed by atoms with van der Waals surface area (Å²) in [6.45, 7) is 1.79. The first-order valence-electron chi connectivity index (χ1n) is 5.63. The van der Waals surface area contributed by atoms with Gasteiger partial charge in [-0.3, -0.25) is 0 Å². The van der Waals surface area contributed by atoms with Crippen LogP contribution in [0.2, 0.25) is 0 Å². The Morgan fingerprint density at radius 2 is 1.37 bits per heavy atom. The van der Waals surface area contributed by atoms with E-state index in [1.54, 1.807) is 25.1 Å². The Balaban J connectivity index is 2.41. The molecule has 4 heteroatoms. The number of aromatic carboxylic acids is 2. The van der Waals surface area contributed by atoms with Gasteiger partial charge in [-0.25, -0.2) is 0 Å². The van der Waals surface area contributed by atoms with Crippen LogP contribution in [0, 0.1) is 6.92 Å². The maximum Gasteiger partial charge on any atom is 0.0715 e. The minimum absolute atomic E-state index is 0.104. The first kappa shape index (κ1) is 12.8. The molecule has 0 aliphatic heterocycles. The zero-order valence-electron chi connectivity index (χ0n) is 10.2. The number of carbonyl (C=O) groups is 2. The summed E-state index contributed by atoms with van der Waals surface area (Å²) >= 11 is 0. The van der Waals surface area contributed by atoms with Crippen LogP contribution in [0.15, 0.2) is 42.5 Å². The number of hydrogen-bond acceptors (Lipinski definition) is 4. The summed E-state index contributed by atoms with van der Waals surface area (Å²) in [5.74, 6) is -2.45. The number of rotatable bonds is 3. The fraction of sp³-hybridized carbons (Fsp3) is 0.0667. The molecule has 0 spiro atoms. The second kappa shape index (κ2) is 4.94. The SMILES string of the molecule is Cc1cc(C(=O)[O-])ccc1-c1ccc(C(=O)[O-])cc1. The molecule has 0 N–H and O–H groups in total. The van der Waals surface area contributed by atoms with Crippen molar-refractivity contribution in [3.05, 3.63) is 59.2 Å². The Kier molecular flexibility index (Phi) is 3.33. The van der Waals surface area contributed by atoms with Gasteiger partial charge in [0.1, 0.15) is 0 Å². The van der Waals surface area contributed by atoms with E-state index in [0.29, 0.717) is 0 Å². The van der Waals surface area contributed by atoms with Gasteiger partial charge < -0.3 is 19.8 Å². The van der Waals surface area contributed by atoms with Gasteiger partial charge in [-0.05, 0) is 40.8 Å². The van der Waals surface area contributed by atoms with Crippen LogP contribution >= 0.6 is 0 Å². The topological polar surface area (TPSA) is 80.3 Å². The number of aryl methyl sites for hydroxylation is 1. The van der Waals surface area contributed by atoms with Crippen LogP contribution in [-0.2, 0) is 0 Å². The third kappa shape index (κ3) is 2.63. The van der Waals surface area contributed by atoms with Crippen LogP contribution in [0.4, 0.5) is 0 Å².